The molecule has 0 saturated carbocycles. The summed E-state index contributed by atoms with van der Waals surface area (Å²) in [6.45, 7) is -1.34. The fourth-order valence-corrected chi connectivity index (χ4v) is 4.66. The maximum absolute atomic E-state index is 13.3. The normalized spacial score (nSPS) is 20.0. The molecule has 1 amide bonds. The van der Waals surface area contributed by atoms with E-state index in [1.807, 2.05) is 5.32 Å². The van der Waals surface area contributed by atoms with Crippen LogP contribution in [0.2, 0.25) is 0 Å². The fraction of sp³-hybridized carbons (Fsp3) is 0.444. The van der Waals surface area contributed by atoms with Gasteiger partial charge in [-0.1, -0.05) is 12.1 Å². The molecule has 1 saturated heterocycles. The molecule has 1 aromatic heterocycles. The van der Waals surface area contributed by atoms with Gasteiger partial charge in [0.1, 0.15) is 12.4 Å². The Kier molecular flexibility index (Phi) is 6.78. The molecule has 2 heterocycles. The SMILES string of the molecule is Cn1cnc(S(=O)(=O)N2C[C@H](OCC(=O)NCC(F)F)[C@@H](c3ccc(F)cc3)C2)c1. The van der Waals surface area contributed by atoms with E-state index >= 15 is 0 Å². The van der Waals surface area contributed by atoms with E-state index in [2.05, 4.69) is 4.98 Å². The Bertz CT molecular complexity index is 982. The number of carbonyl (C=O) groups is 1. The van der Waals surface area contributed by atoms with Crippen LogP contribution in [0.5, 0.6) is 0 Å². The number of sulfonamides is 1. The number of amides is 1. The molecule has 1 aliphatic heterocycles. The van der Waals surface area contributed by atoms with Crippen LogP contribution in [0.15, 0.2) is 41.8 Å². The predicted molar refractivity (Wildman–Crippen MR) is 99.9 cm³/mol. The molecular formula is C18H21F3N4O4S. The molecule has 0 spiro atoms. The second-order valence-corrected chi connectivity index (χ2v) is 8.79. The van der Waals surface area contributed by atoms with Crippen LogP contribution in [0.4, 0.5) is 13.2 Å². The Labute approximate surface area is 171 Å². The second kappa shape index (κ2) is 9.14. The number of hydrogen-bond donors (Lipinski definition) is 1. The summed E-state index contributed by atoms with van der Waals surface area (Å²) < 4.78 is 71.9. The number of imidazole rings is 1. The first-order valence-corrected chi connectivity index (χ1v) is 10.5. The molecule has 12 heteroatoms. The Hall–Kier alpha value is -2.44. The van der Waals surface area contributed by atoms with Crippen LogP contribution >= 0.6 is 0 Å². The van der Waals surface area contributed by atoms with Gasteiger partial charge in [-0.25, -0.2) is 26.6 Å². The number of halogens is 3. The van der Waals surface area contributed by atoms with Crippen molar-refractivity contribution in [1.82, 2.24) is 19.2 Å². The summed E-state index contributed by atoms with van der Waals surface area (Å²) in [7, 11) is -2.27. The molecule has 1 aliphatic rings. The van der Waals surface area contributed by atoms with Crippen LogP contribution in [-0.4, -0.2) is 67.0 Å². The van der Waals surface area contributed by atoms with E-state index in [0.29, 0.717) is 5.56 Å². The van der Waals surface area contributed by atoms with Crippen molar-refractivity contribution >= 4 is 15.9 Å². The van der Waals surface area contributed by atoms with Gasteiger partial charge in [0, 0.05) is 32.3 Å². The lowest BCUT2D eigenvalue weighted by atomic mass is 9.96. The topological polar surface area (TPSA) is 93.5 Å². The second-order valence-electron chi connectivity index (χ2n) is 6.90. The lowest BCUT2D eigenvalue weighted by molar-refractivity contribution is -0.128. The average Bonchev–Trinajstić information content (AvgIpc) is 3.32. The molecule has 164 valence electrons. The molecule has 1 N–H and O–H groups in total. The molecular weight excluding hydrogens is 425 g/mol. The van der Waals surface area contributed by atoms with E-state index in [-0.39, 0.29) is 18.1 Å². The van der Waals surface area contributed by atoms with Gasteiger partial charge in [-0.2, -0.15) is 4.31 Å². The quantitative estimate of drug-likeness (QED) is 0.656. The summed E-state index contributed by atoms with van der Waals surface area (Å²) in [6.07, 6.45) is -0.687. The summed E-state index contributed by atoms with van der Waals surface area (Å²) >= 11 is 0. The number of aromatic nitrogens is 2. The number of hydrogen-bond acceptors (Lipinski definition) is 5. The van der Waals surface area contributed by atoms with E-state index in [1.165, 1.54) is 45.7 Å². The molecule has 0 unspecified atom stereocenters. The van der Waals surface area contributed by atoms with Crippen LogP contribution in [0.3, 0.4) is 0 Å². The highest BCUT2D eigenvalue weighted by Crippen LogP contribution is 2.33. The van der Waals surface area contributed by atoms with Crippen LogP contribution in [0.25, 0.3) is 0 Å². The van der Waals surface area contributed by atoms with E-state index in [9.17, 15) is 26.4 Å². The van der Waals surface area contributed by atoms with Gasteiger partial charge in [-0.3, -0.25) is 4.79 Å². The van der Waals surface area contributed by atoms with Crippen LogP contribution < -0.4 is 5.32 Å². The van der Waals surface area contributed by atoms with Crippen molar-refractivity contribution in [1.29, 1.82) is 0 Å². The minimum absolute atomic E-state index is 0.0356. The van der Waals surface area contributed by atoms with Gasteiger partial charge in [-0.15, -0.1) is 0 Å². The minimum Gasteiger partial charge on any atom is -0.366 e. The highest BCUT2D eigenvalue weighted by molar-refractivity contribution is 7.89. The van der Waals surface area contributed by atoms with Crippen molar-refractivity contribution < 1.29 is 31.1 Å². The number of aryl methyl sites for hydroxylation is 1. The van der Waals surface area contributed by atoms with Crippen LogP contribution in [0, 0.1) is 5.82 Å². The third kappa shape index (κ3) is 5.18. The number of benzene rings is 1. The zero-order chi connectivity index (χ0) is 21.9. The molecule has 0 aliphatic carbocycles. The Morgan fingerprint density at radius 3 is 2.60 bits per heavy atom. The highest BCUT2D eigenvalue weighted by Gasteiger charge is 2.41. The van der Waals surface area contributed by atoms with Gasteiger partial charge in [-0.05, 0) is 17.7 Å². The Morgan fingerprint density at radius 1 is 1.30 bits per heavy atom. The van der Waals surface area contributed by atoms with E-state index in [4.69, 9.17) is 4.74 Å². The molecule has 2 atom stereocenters. The summed E-state index contributed by atoms with van der Waals surface area (Å²) in [5.41, 5.74) is 0.633. The predicted octanol–water partition coefficient (Wildman–Crippen LogP) is 1.11. The van der Waals surface area contributed by atoms with E-state index in [1.54, 1.807) is 7.05 Å². The third-order valence-electron chi connectivity index (χ3n) is 4.70. The van der Waals surface area contributed by atoms with Crippen molar-refractivity contribution in [2.75, 3.05) is 26.2 Å². The summed E-state index contributed by atoms with van der Waals surface area (Å²) in [6, 6.07) is 5.53. The number of ether oxygens (including phenoxy) is 1. The van der Waals surface area contributed by atoms with Crippen molar-refractivity contribution in [2.45, 2.75) is 23.5 Å². The van der Waals surface area contributed by atoms with Crippen molar-refractivity contribution in [2.24, 2.45) is 7.05 Å². The summed E-state index contributed by atoms with van der Waals surface area (Å²) in [5.74, 6) is -1.66. The highest BCUT2D eigenvalue weighted by atomic mass is 32.2. The van der Waals surface area contributed by atoms with Gasteiger partial charge in [0.15, 0.2) is 5.03 Å². The Balaban J connectivity index is 1.77. The van der Waals surface area contributed by atoms with E-state index in [0.717, 1.165) is 0 Å². The standard InChI is InChI=1S/C18H21F3N4O4S/c1-24-9-18(23-11-24)30(27,28)25-7-14(12-2-4-13(19)5-3-12)15(8-25)29-10-17(26)22-6-16(20)21/h2-5,9,11,14-16H,6-8,10H2,1H3,(H,22,26)/t14-,15+/m1/s1. The molecule has 3 rings (SSSR count). The van der Waals surface area contributed by atoms with Gasteiger partial charge < -0.3 is 14.6 Å². The zero-order valence-corrected chi connectivity index (χ0v) is 16.9. The van der Waals surface area contributed by atoms with Crippen molar-refractivity contribution in [3.05, 3.63) is 48.2 Å². The summed E-state index contributed by atoms with van der Waals surface area (Å²) in [5, 5.41) is 1.90. The lowest BCUT2D eigenvalue weighted by Crippen LogP contribution is -2.35. The van der Waals surface area contributed by atoms with Gasteiger partial charge in [0.25, 0.3) is 16.4 Å². The van der Waals surface area contributed by atoms with Gasteiger partial charge in [0.05, 0.1) is 19.0 Å². The van der Waals surface area contributed by atoms with E-state index < -0.39 is 53.3 Å². The fourth-order valence-electron chi connectivity index (χ4n) is 3.21. The molecule has 30 heavy (non-hydrogen) atoms. The average molecular weight is 446 g/mol. The molecule has 8 nitrogen and oxygen atoms in total. The number of nitrogens with one attached hydrogen (secondary N) is 1. The number of alkyl halides is 2. The molecule has 1 aromatic carbocycles. The summed E-state index contributed by atoms with van der Waals surface area (Å²) in [4.78, 5) is 15.6. The molecule has 0 bridgehead atoms. The molecule has 1 fully saturated rings. The van der Waals surface area contributed by atoms with Crippen LogP contribution in [0.1, 0.15) is 11.5 Å². The zero-order valence-electron chi connectivity index (χ0n) is 16.0. The van der Waals surface area contributed by atoms with Crippen LogP contribution in [-0.2, 0) is 26.6 Å². The smallest absolute Gasteiger partial charge is 0.262 e. The minimum atomic E-state index is -3.91. The van der Waals surface area contributed by atoms with Gasteiger partial charge in [0.2, 0.25) is 5.91 Å². The Morgan fingerprint density at radius 2 is 2.00 bits per heavy atom. The molecule has 2 aromatic rings. The first kappa shape index (κ1) is 22.2. The van der Waals surface area contributed by atoms with Gasteiger partial charge >= 0.3 is 0 Å². The number of rotatable bonds is 8. The molecule has 0 radical (unpaired) electrons. The maximum Gasteiger partial charge on any atom is 0.262 e. The largest absolute Gasteiger partial charge is 0.366 e. The number of carbonyl (C=O) groups excluding carboxylic acids is 1. The lowest BCUT2D eigenvalue weighted by Gasteiger charge is -2.19. The first-order valence-electron chi connectivity index (χ1n) is 9.07. The monoisotopic (exact) mass is 446 g/mol. The van der Waals surface area contributed by atoms with Crippen molar-refractivity contribution in [3.63, 3.8) is 0 Å². The number of nitrogens with zero attached hydrogens (tertiary/aromatic N) is 3. The third-order valence-corrected chi connectivity index (χ3v) is 6.42. The maximum atomic E-state index is 13.3. The van der Waals surface area contributed by atoms with Crippen molar-refractivity contribution in [3.8, 4) is 0 Å². The first-order chi connectivity index (χ1) is 14.2.